The fourth-order valence-corrected chi connectivity index (χ4v) is 2.60. The Morgan fingerprint density at radius 3 is 2.28 bits per heavy atom. The third-order valence-corrected chi connectivity index (χ3v) is 4.59. The van der Waals surface area contributed by atoms with Crippen LogP contribution in [0.3, 0.4) is 0 Å². The molecule has 0 aliphatic heterocycles. The lowest BCUT2D eigenvalue weighted by Crippen LogP contribution is -2.04. The summed E-state index contributed by atoms with van der Waals surface area (Å²) in [6, 6.07) is 5.91. The predicted octanol–water partition coefficient (Wildman–Crippen LogP) is 4.09. The van der Waals surface area contributed by atoms with Gasteiger partial charge in [-0.1, -0.05) is 28.1 Å². The lowest BCUT2D eigenvalue weighted by molar-refractivity contribution is 0.214. The molecular formula is C15H18BrNO. The number of aliphatic hydroxyl groups excluding tert-OH is 1. The Balaban J connectivity index is 2.51. The normalized spacial score (nSPS) is 12.8. The van der Waals surface area contributed by atoms with Crippen LogP contribution in [0, 0.1) is 27.7 Å². The van der Waals surface area contributed by atoms with Crippen LogP contribution in [0.4, 0.5) is 0 Å². The summed E-state index contributed by atoms with van der Waals surface area (Å²) in [5.74, 6) is 0. The van der Waals surface area contributed by atoms with Gasteiger partial charge < -0.3 is 10.1 Å². The highest BCUT2D eigenvalue weighted by molar-refractivity contribution is 9.10. The number of rotatable bonds is 2. The molecule has 2 N–H and O–H groups in total. The van der Waals surface area contributed by atoms with E-state index in [4.69, 9.17) is 0 Å². The van der Waals surface area contributed by atoms with E-state index in [-0.39, 0.29) is 0 Å². The maximum Gasteiger partial charge on any atom is 0.119 e. The molecular weight excluding hydrogens is 290 g/mol. The van der Waals surface area contributed by atoms with Crippen molar-refractivity contribution in [3.05, 3.63) is 56.3 Å². The van der Waals surface area contributed by atoms with Crippen molar-refractivity contribution in [3.63, 3.8) is 0 Å². The van der Waals surface area contributed by atoms with E-state index in [2.05, 4.69) is 27.8 Å². The lowest BCUT2D eigenvalue weighted by Gasteiger charge is -2.15. The minimum atomic E-state index is -0.602. The molecule has 0 fully saturated rings. The molecule has 2 aromatic rings. The number of halogens is 1. The zero-order valence-electron chi connectivity index (χ0n) is 11.1. The van der Waals surface area contributed by atoms with Crippen LogP contribution in [0.5, 0.6) is 0 Å². The lowest BCUT2D eigenvalue weighted by atomic mass is 9.99. The van der Waals surface area contributed by atoms with E-state index in [0.717, 1.165) is 32.6 Å². The summed E-state index contributed by atoms with van der Waals surface area (Å²) in [6.45, 7) is 8.17. The van der Waals surface area contributed by atoms with Crippen molar-refractivity contribution in [1.82, 2.24) is 4.98 Å². The summed E-state index contributed by atoms with van der Waals surface area (Å²) in [6.07, 6.45) is -0.602. The number of hydrogen-bond acceptors (Lipinski definition) is 1. The number of aliphatic hydroxyl groups is 1. The van der Waals surface area contributed by atoms with E-state index in [1.54, 1.807) is 0 Å². The molecule has 2 nitrogen and oxygen atoms in total. The zero-order chi connectivity index (χ0) is 13.4. The second-order valence-electron chi connectivity index (χ2n) is 4.77. The molecule has 1 atom stereocenters. The van der Waals surface area contributed by atoms with Crippen LogP contribution in [0.2, 0.25) is 0 Å². The molecule has 18 heavy (non-hydrogen) atoms. The van der Waals surface area contributed by atoms with Crippen LogP contribution in [0.25, 0.3) is 0 Å². The van der Waals surface area contributed by atoms with E-state index >= 15 is 0 Å². The molecule has 0 saturated heterocycles. The molecule has 0 aliphatic rings. The molecule has 96 valence electrons. The molecule has 1 heterocycles. The molecule has 1 aromatic carbocycles. The number of aryl methyl sites for hydroxylation is 1. The smallest absolute Gasteiger partial charge is 0.119 e. The molecule has 0 amide bonds. The van der Waals surface area contributed by atoms with Gasteiger partial charge in [0.2, 0.25) is 0 Å². The number of benzene rings is 1. The maximum absolute atomic E-state index is 10.6. The van der Waals surface area contributed by atoms with E-state index in [1.807, 2.05) is 39.0 Å². The Bertz CT molecular complexity index is 586. The summed E-state index contributed by atoms with van der Waals surface area (Å²) >= 11 is 3.50. The Hall–Kier alpha value is -1.06. The first kappa shape index (κ1) is 13.4. The first-order valence-corrected chi connectivity index (χ1v) is 6.81. The topological polar surface area (TPSA) is 36.0 Å². The molecule has 0 radical (unpaired) electrons. The van der Waals surface area contributed by atoms with Gasteiger partial charge in [0, 0.05) is 10.2 Å². The Morgan fingerprint density at radius 2 is 1.72 bits per heavy atom. The molecule has 0 bridgehead atoms. The highest BCUT2D eigenvalue weighted by Crippen LogP contribution is 2.31. The molecule has 1 aromatic heterocycles. The molecule has 0 saturated carbocycles. The van der Waals surface area contributed by atoms with E-state index in [1.165, 1.54) is 5.56 Å². The second-order valence-corrected chi connectivity index (χ2v) is 5.62. The van der Waals surface area contributed by atoms with Crippen molar-refractivity contribution >= 4 is 15.9 Å². The van der Waals surface area contributed by atoms with Crippen molar-refractivity contribution in [2.24, 2.45) is 0 Å². The van der Waals surface area contributed by atoms with Gasteiger partial charge in [-0.05, 0) is 56.0 Å². The predicted molar refractivity (Wildman–Crippen MR) is 77.9 cm³/mol. The molecule has 0 aliphatic carbocycles. The van der Waals surface area contributed by atoms with Gasteiger partial charge in [-0.25, -0.2) is 0 Å². The van der Waals surface area contributed by atoms with Gasteiger partial charge in [0.05, 0.1) is 5.69 Å². The fraction of sp³-hybridized carbons (Fsp3) is 0.333. The average molecular weight is 308 g/mol. The van der Waals surface area contributed by atoms with Crippen molar-refractivity contribution in [3.8, 4) is 0 Å². The minimum absolute atomic E-state index is 0.602. The zero-order valence-corrected chi connectivity index (χ0v) is 12.7. The number of aromatic nitrogens is 1. The SMILES string of the molecule is Cc1[nH]c(C(O)c2cccc(Br)c2C)c(C)c1C. The van der Waals surface area contributed by atoms with Gasteiger partial charge in [-0.2, -0.15) is 0 Å². The first-order chi connectivity index (χ1) is 8.43. The van der Waals surface area contributed by atoms with Crippen molar-refractivity contribution in [2.75, 3.05) is 0 Å². The van der Waals surface area contributed by atoms with Crippen LogP contribution in [0.1, 0.15) is 39.7 Å². The largest absolute Gasteiger partial charge is 0.382 e. The summed E-state index contributed by atoms with van der Waals surface area (Å²) in [5.41, 5.74) is 6.39. The van der Waals surface area contributed by atoms with Crippen LogP contribution in [-0.4, -0.2) is 10.1 Å². The summed E-state index contributed by atoms with van der Waals surface area (Å²) < 4.78 is 1.02. The molecule has 3 heteroatoms. The molecule has 2 rings (SSSR count). The Kier molecular flexibility index (Phi) is 3.64. The fourth-order valence-electron chi connectivity index (χ4n) is 2.22. The van der Waals surface area contributed by atoms with Gasteiger partial charge in [-0.15, -0.1) is 0 Å². The standard InChI is InChI=1S/C15H18BrNO/c1-8-9(2)14(17-11(8)4)15(18)12-6-5-7-13(16)10(12)3/h5-7,15,17-18H,1-4H3. The summed E-state index contributed by atoms with van der Waals surface area (Å²) in [4.78, 5) is 3.29. The summed E-state index contributed by atoms with van der Waals surface area (Å²) in [5, 5.41) is 10.6. The molecule has 0 spiro atoms. The number of aromatic amines is 1. The van der Waals surface area contributed by atoms with E-state index in [9.17, 15) is 5.11 Å². The first-order valence-electron chi connectivity index (χ1n) is 6.02. The van der Waals surface area contributed by atoms with Crippen molar-refractivity contribution in [1.29, 1.82) is 0 Å². The number of H-pyrrole nitrogens is 1. The highest BCUT2D eigenvalue weighted by atomic mass is 79.9. The number of nitrogens with one attached hydrogen (secondary N) is 1. The highest BCUT2D eigenvalue weighted by Gasteiger charge is 2.19. The quantitative estimate of drug-likeness (QED) is 0.861. The van der Waals surface area contributed by atoms with Gasteiger partial charge in [-0.3, -0.25) is 0 Å². The second kappa shape index (κ2) is 4.90. The molecule has 1 unspecified atom stereocenters. The van der Waals surface area contributed by atoms with Crippen LogP contribution in [0.15, 0.2) is 22.7 Å². The average Bonchev–Trinajstić information content (AvgIpc) is 2.60. The third kappa shape index (κ3) is 2.13. The van der Waals surface area contributed by atoms with Gasteiger partial charge in [0.15, 0.2) is 0 Å². The number of hydrogen-bond donors (Lipinski definition) is 2. The Morgan fingerprint density at radius 1 is 1.06 bits per heavy atom. The summed E-state index contributed by atoms with van der Waals surface area (Å²) in [7, 11) is 0. The third-order valence-electron chi connectivity index (χ3n) is 3.73. The van der Waals surface area contributed by atoms with Crippen LogP contribution >= 0.6 is 15.9 Å². The van der Waals surface area contributed by atoms with E-state index in [0.29, 0.717) is 0 Å². The van der Waals surface area contributed by atoms with Gasteiger partial charge in [0.25, 0.3) is 0 Å². The van der Waals surface area contributed by atoms with Crippen LogP contribution in [-0.2, 0) is 0 Å². The van der Waals surface area contributed by atoms with E-state index < -0.39 is 6.10 Å². The maximum atomic E-state index is 10.6. The monoisotopic (exact) mass is 307 g/mol. The van der Waals surface area contributed by atoms with Crippen LogP contribution < -0.4 is 0 Å². The Labute approximate surface area is 116 Å². The van der Waals surface area contributed by atoms with Gasteiger partial charge in [0.1, 0.15) is 6.10 Å². The van der Waals surface area contributed by atoms with Gasteiger partial charge >= 0.3 is 0 Å². The van der Waals surface area contributed by atoms with Crippen molar-refractivity contribution < 1.29 is 5.11 Å². The minimum Gasteiger partial charge on any atom is -0.382 e. The van der Waals surface area contributed by atoms with Crippen molar-refractivity contribution in [2.45, 2.75) is 33.8 Å².